The van der Waals surface area contributed by atoms with E-state index in [-0.39, 0.29) is 11.7 Å². The molecule has 0 fully saturated rings. The monoisotopic (exact) mass is 425 g/mol. The van der Waals surface area contributed by atoms with Crippen LogP contribution in [0.5, 0.6) is 0 Å². The summed E-state index contributed by atoms with van der Waals surface area (Å²) in [5.74, 6) is 0.640. The van der Waals surface area contributed by atoms with Gasteiger partial charge in [-0.25, -0.2) is 0 Å². The lowest BCUT2D eigenvalue weighted by molar-refractivity contribution is 0.0994. The van der Waals surface area contributed by atoms with Crippen LogP contribution in [0, 0.1) is 0 Å². The van der Waals surface area contributed by atoms with Gasteiger partial charge in [-0.3, -0.25) is 14.2 Å². The molecule has 0 bridgehead atoms. The fourth-order valence-electron chi connectivity index (χ4n) is 2.69. The van der Waals surface area contributed by atoms with Crippen molar-refractivity contribution >= 4 is 27.5 Å². The predicted molar refractivity (Wildman–Crippen MR) is 103 cm³/mol. The maximum atomic E-state index is 12.5. The first-order chi connectivity index (χ1) is 13.2. The van der Waals surface area contributed by atoms with Gasteiger partial charge in [-0.15, -0.1) is 0 Å². The first kappa shape index (κ1) is 17.3. The van der Waals surface area contributed by atoms with E-state index in [1.807, 2.05) is 47.4 Å². The van der Waals surface area contributed by atoms with E-state index < -0.39 is 0 Å². The number of hydrogen-bond donors (Lipinski definition) is 1. The zero-order valence-electron chi connectivity index (χ0n) is 14.2. The summed E-state index contributed by atoms with van der Waals surface area (Å²) in [6, 6.07) is 12.9. The van der Waals surface area contributed by atoms with Crippen molar-refractivity contribution in [3.63, 3.8) is 0 Å². The second-order valence-corrected chi connectivity index (χ2v) is 6.90. The molecule has 8 heteroatoms. The molecule has 0 atom stereocenters. The topological polar surface area (TPSA) is 77.9 Å². The zero-order chi connectivity index (χ0) is 18.6. The molecule has 0 radical (unpaired) electrons. The van der Waals surface area contributed by atoms with E-state index in [1.165, 1.54) is 0 Å². The van der Waals surface area contributed by atoms with Crippen molar-refractivity contribution in [1.82, 2.24) is 19.6 Å². The maximum absolute atomic E-state index is 12.5. The Kier molecular flexibility index (Phi) is 4.88. The minimum atomic E-state index is -0.291. The van der Waals surface area contributed by atoms with Crippen molar-refractivity contribution in [1.29, 1.82) is 0 Å². The molecule has 136 valence electrons. The van der Waals surface area contributed by atoms with E-state index in [1.54, 1.807) is 29.2 Å². The second kappa shape index (κ2) is 7.63. The van der Waals surface area contributed by atoms with Gasteiger partial charge in [0, 0.05) is 24.3 Å². The standard InChI is InChI=1S/C19H16BrN5O2/c20-15-10-22-25(12-15)11-14-3-1-4-16(9-14)23-19(26)18-6-5-17(27-18)13-24-8-2-7-21-24/h1-10,12H,11,13H2,(H,23,26). The number of halogens is 1. The molecule has 0 aliphatic rings. The number of furan rings is 1. The van der Waals surface area contributed by atoms with Gasteiger partial charge in [-0.2, -0.15) is 10.2 Å². The number of benzene rings is 1. The molecule has 0 saturated carbocycles. The van der Waals surface area contributed by atoms with Crippen LogP contribution >= 0.6 is 15.9 Å². The molecule has 27 heavy (non-hydrogen) atoms. The number of anilines is 1. The predicted octanol–water partition coefficient (Wildman–Crippen LogP) is 3.78. The Labute approximate surface area is 163 Å². The third kappa shape index (κ3) is 4.35. The van der Waals surface area contributed by atoms with Crippen LogP contribution in [0.1, 0.15) is 21.9 Å². The van der Waals surface area contributed by atoms with Crippen LogP contribution in [0.3, 0.4) is 0 Å². The van der Waals surface area contributed by atoms with Crippen molar-refractivity contribution in [3.05, 3.63) is 88.8 Å². The summed E-state index contributed by atoms with van der Waals surface area (Å²) in [4.78, 5) is 12.5. The highest BCUT2D eigenvalue weighted by Crippen LogP contribution is 2.16. The molecule has 0 saturated heterocycles. The summed E-state index contributed by atoms with van der Waals surface area (Å²) in [5.41, 5.74) is 1.73. The van der Waals surface area contributed by atoms with Gasteiger partial charge in [0.15, 0.2) is 5.76 Å². The van der Waals surface area contributed by atoms with Crippen molar-refractivity contribution in [2.45, 2.75) is 13.1 Å². The Morgan fingerprint density at radius 3 is 2.81 bits per heavy atom. The molecular formula is C19H16BrN5O2. The van der Waals surface area contributed by atoms with Gasteiger partial charge >= 0.3 is 0 Å². The van der Waals surface area contributed by atoms with Gasteiger partial charge < -0.3 is 9.73 Å². The van der Waals surface area contributed by atoms with Gasteiger partial charge in [-0.05, 0) is 51.8 Å². The molecule has 0 aliphatic heterocycles. The third-order valence-electron chi connectivity index (χ3n) is 3.89. The second-order valence-electron chi connectivity index (χ2n) is 5.98. The Balaban J connectivity index is 1.42. The first-order valence-electron chi connectivity index (χ1n) is 8.30. The van der Waals surface area contributed by atoms with E-state index in [2.05, 4.69) is 31.4 Å². The van der Waals surface area contributed by atoms with Crippen LogP contribution < -0.4 is 5.32 Å². The number of carbonyl (C=O) groups is 1. The van der Waals surface area contributed by atoms with Crippen molar-refractivity contribution in [3.8, 4) is 0 Å². The van der Waals surface area contributed by atoms with E-state index in [0.717, 1.165) is 10.0 Å². The van der Waals surface area contributed by atoms with Crippen LogP contribution in [0.25, 0.3) is 0 Å². The highest BCUT2D eigenvalue weighted by Gasteiger charge is 2.12. The third-order valence-corrected chi connectivity index (χ3v) is 4.30. The number of amides is 1. The summed E-state index contributed by atoms with van der Waals surface area (Å²) < 4.78 is 10.1. The largest absolute Gasteiger partial charge is 0.454 e. The summed E-state index contributed by atoms with van der Waals surface area (Å²) in [7, 11) is 0. The fraction of sp³-hybridized carbons (Fsp3) is 0.105. The van der Waals surface area contributed by atoms with Gasteiger partial charge in [0.2, 0.25) is 0 Å². The number of nitrogens with zero attached hydrogens (tertiary/aromatic N) is 4. The summed E-state index contributed by atoms with van der Waals surface area (Å²) in [6.45, 7) is 1.10. The van der Waals surface area contributed by atoms with Gasteiger partial charge in [-0.1, -0.05) is 12.1 Å². The molecule has 0 aliphatic carbocycles. The Bertz CT molecular complexity index is 1050. The number of aromatic nitrogens is 4. The number of nitrogens with one attached hydrogen (secondary N) is 1. The minimum absolute atomic E-state index is 0.263. The first-order valence-corrected chi connectivity index (χ1v) is 9.09. The fourth-order valence-corrected chi connectivity index (χ4v) is 3.02. The molecule has 3 heterocycles. The molecular weight excluding hydrogens is 410 g/mol. The Morgan fingerprint density at radius 2 is 2.04 bits per heavy atom. The average molecular weight is 426 g/mol. The Hall–Kier alpha value is -3.13. The number of hydrogen-bond acceptors (Lipinski definition) is 4. The zero-order valence-corrected chi connectivity index (χ0v) is 15.8. The minimum Gasteiger partial charge on any atom is -0.454 e. The lowest BCUT2D eigenvalue weighted by Crippen LogP contribution is -2.11. The summed E-state index contributed by atoms with van der Waals surface area (Å²) in [6.07, 6.45) is 7.18. The van der Waals surface area contributed by atoms with Crippen LogP contribution in [0.2, 0.25) is 0 Å². The van der Waals surface area contributed by atoms with Crippen LogP contribution in [0.15, 0.2) is 76.1 Å². The molecule has 4 rings (SSSR count). The molecule has 0 spiro atoms. The van der Waals surface area contributed by atoms with Crippen molar-refractivity contribution in [2.24, 2.45) is 0 Å². The molecule has 4 aromatic rings. The SMILES string of the molecule is O=C(Nc1cccc(Cn2cc(Br)cn2)c1)c1ccc(Cn2cccn2)o1. The van der Waals surface area contributed by atoms with E-state index >= 15 is 0 Å². The van der Waals surface area contributed by atoms with Crippen molar-refractivity contribution < 1.29 is 9.21 Å². The average Bonchev–Trinajstić information content (AvgIpc) is 3.39. The van der Waals surface area contributed by atoms with E-state index in [9.17, 15) is 4.79 Å². The molecule has 7 nitrogen and oxygen atoms in total. The van der Waals surface area contributed by atoms with Crippen molar-refractivity contribution in [2.75, 3.05) is 5.32 Å². The molecule has 1 amide bonds. The van der Waals surface area contributed by atoms with Gasteiger partial charge in [0.1, 0.15) is 5.76 Å². The molecule has 1 aromatic carbocycles. The summed E-state index contributed by atoms with van der Waals surface area (Å²) >= 11 is 3.38. The number of rotatable bonds is 6. The quantitative estimate of drug-likeness (QED) is 0.509. The van der Waals surface area contributed by atoms with Gasteiger partial charge in [0.05, 0.1) is 23.8 Å². The van der Waals surface area contributed by atoms with Crippen LogP contribution in [-0.4, -0.2) is 25.5 Å². The van der Waals surface area contributed by atoms with Gasteiger partial charge in [0.25, 0.3) is 5.91 Å². The van der Waals surface area contributed by atoms with E-state index in [4.69, 9.17) is 4.42 Å². The lowest BCUT2D eigenvalue weighted by Gasteiger charge is -2.07. The lowest BCUT2D eigenvalue weighted by atomic mass is 10.2. The Morgan fingerprint density at radius 1 is 1.11 bits per heavy atom. The maximum Gasteiger partial charge on any atom is 0.291 e. The van der Waals surface area contributed by atoms with Crippen LogP contribution in [0.4, 0.5) is 5.69 Å². The highest BCUT2D eigenvalue weighted by molar-refractivity contribution is 9.10. The molecule has 0 unspecified atom stereocenters. The number of carbonyl (C=O) groups excluding carboxylic acids is 1. The molecule has 3 aromatic heterocycles. The van der Waals surface area contributed by atoms with E-state index in [0.29, 0.717) is 24.5 Å². The smallest absolute Gasteiger partial charge is 0.291 e. The molecule has 1 N–H and O–H groups in total. The van der Waals surface area contributed by atoms with Crippen LogP contribution in [-0.2, 0) is 13.1 Å². The summed E-state index contributed by atoms with van der Waals surface area (Å²) in [5, 5.41) is 11.2. The normalized spacial score (nSPS) is 10.9. The highest BCUT2D eigenvalue weighted by atomic mass is 79.9.